The summed E-state index contributed by atoms with van der Waals surface area (Å²) in [4.78, 5) is 4.28. The molecule has 0 fully saturated rings. The number of benzene rings is 1. The summed E-state index contributed by atoms with van der Waals surface area (Å²) in [6.07, 6.45) is 1.99. The van der Waals surface area contributed by atoms with Crippen molar-refractivity contribution in [1.82, 2.24) is 4.98 Å². The van der Waals surface area contributed by atoms with E-state index in [0.29, 0.717) is 0 Å². The number of pyridine rings is 1. The van der Waals surface area contributed by atoms with E-state index in [1.54, 1.807) is 6.20 Å². The molecular weight excluding hydrogens is 200 g/mol. The summed E-state index contributed by atoms with van der Waals surface area (Å²) < 4.78 is 5.67. The van der Waals surface area contributed by atoms with Crippen LogP contribution < -0.4 is 10.1 Å². The molecule has 0 spiro atoms. The zero-order chi connectivity index (χ0) is 11.5. The van der Waals surface area contributed by atoms with E-state index in [1.165, 1.54) is 0 Å². The van der Waals surface area contributed by atoms with Gasteiger partial charge in [0, 0.05) is 18.6 Å². The minimum absolute atomic E-state index is 0.187. The maximum absolute atomic E-state index is 5.67. The Morgan fingerprint density at radius 2 is 2.06 bits per heavy atom. The van der Waals surface area contributed by atoms with Crippen LogP contribution in [0.3, 0.4) is 0 Å². The average Bonchev–Trinajstić information content (AvgIpc) is 2.27. The topological polar surface area (TPSA) is 34.2 Å². The summed E-state index contributed by atoms with van der Waals surface area (Å²) in [5.41, 5.74) is 0. The molecule has 0 unspecified atom stereocenters. The molecule has 84 valence electrons. The van der Waals surface area contributed by atoms with Crippen molar-refractivity contribution in [2.45, 2.75) is 20.0 Å². The van der Waals surface area contributed by atoms with E-state index in [0.717, 1.165) is 22.3 Å². The van der Waals surface area contributed by atoms with E-state index in [9.17, 15) is 0 Å². The maximum atomic E-state index is 5.67. The van der Waals surface area contributed by atoms with Crippen LogP contribution in [0.4, 0.5) is 5.82 Å². The Morgan fingerprint density at radius 3 is 2.75 bits per heavy atom. The Kier molecular flexibility index (Phi) is 2.95. The molecule has 0 amide bonds. The van der Waals surface area contributed by atoms with Crippen LogP contribution in [0.1, 0.15) is 13.8 Å². The van der Waals surface area contributed by atoms with Gasteiger partial charge in [0.2, 0.25) is 0 Å². The Hall–Kier alpha value is -1.77. The molecule has 0 aliphatic heterocycles. The second-order valence-electron chi connectivity index (χ2n) is 3.96. The molecule has 16 heavy (non-hydrogen) atoms. The third-order valence-corrected chi connectivity index (χ3v) is 2.35. The molecule has 0 radical (unpaired) electrons. The Labute approximate surface area is 95.5 Å². The first kappa shape index (κ1) is 10.7. The summed E-state index contributed by atoms with van der Waals surface area (Å²) >= 11 is 0. The van der Waals surface area contributed by atoms with Crippen LogP contribution in [-0.2, 0) is 0 Å². The third kappa shape index (κ3) is 2.08. The molecule has 3 heteroatoms. The fourth-order valence-corrected chi connectivity index (χ4v) is 1.69. The minimum Gasteiger partial charge on any atom is -0.491 e. The van der Waals surface area contributed by atoms with Gasteiger partial charge >= 0.3 is 0 Å². The van der Waals surface area contributed by atoms with Crippen LogP contribution in [0.15, 0.2) is 30.5 Å². The van der Waals surface area contributed by atoms with Crippen molar-refractivity contribution in [3.63, 3.8) is 0 Å². The lowest BCUT2D eigenvalue weighted by Gasteiger charge is -2.11. The van der Waals surface area contributed by atoms with Crippen LogP contribution >= 0.6 is 0 Å². The van der Waals surface area contributed by atoms with Gasteiger partial charge in [-0.2, -0.15) is 0 Å². The number of fused-ring (bicyclic) bond motifs is 1. The van der Waals surface area contributed by atoms with Gasteiger partial charge in [-0.15, -0.1) is 0 Å². The van der Waals surface area contributed by atoms with Crippen molar-refractivity contribution in [1.29, 1.82) is 0 Å². The van der Waals surface area contributed by atoms with E-state index in [1.807, 2.05) is 39.1 Å². The average molecular weight is 216 g/mol. The van der Waals surface area contributed by atoms with Crippen molar-refractivity contribution < 1.29 is 4.74 Å². The molecule has 1 N–H and O–H groups in total. The highest BCUT2D eigenvalue weighted by Gasteiger charge is 2.03. The minimum atomic E-state index is 0.187. The molecule has 2 rings (SSSR count). The van der Waals surface area contributed by atoms with Crippen molar-refractivity contribution in [3.05, 3.63) is 30.5 Å². The molecule has 0 saturated carbocycles. The standard InChI is InChI=1S/C13H16N2O/c1-9(2)16-11-5-4-10-6-7-15-13(14-3)12(10)8-11/h4-9H,1-3H3,(H,14,15). The zero-order valence-electron chi connectivity index (χ0n) is 9.82. The van der Waals surface area contributed by atoms with Crippen LogP contribution in [0.2, 0.25) is 0 Å². The van der Waals surface area contributed by atoms with E-state index < -0.39 is 0 Å². The normalized spacial score (nSPS) is 10.8. The van der Waals surface area contributed by atoms with E-state index in [4.69, 9.17) is 4.74 Å². The molecule has 0 bridgehead atoms. The lowest BCUT2D eigenvalue weighted by Crippen LogP contribution is -2.05. The first-order valence-corrected chi connectivity index (χ1v) is 5.44. The van der Waals surface area contributed by atoms with Gasteiger partial charge < -0.3 is 10.1 Å². The summed E-state index contributed by atoms with van der Waals surface area (Å²) in [5.74, 6) is 1.76. The first-order chi connectivity index (χ1) is 7.70. The van der Waals surface area contributed by atoms with E-state index in [2.05, 4.69) is 16.4 Å². The van der Waals surface area contributed by atoms with E-state index >= 15 is 0 Å². The monoisotopic (exact) mass is 216 g/mol. The SMILES string of the molecule is CNc1nccc2ccc(OC(C)C)cc12. The molecule has 1 aromatic carbocycles. The van der Waals surface area contributed by atoms with Gasteiger partial charge in [0.25, 0.3) is 0 Å². The third-order valence-electron chi connectivity index (χ3n) is 2.35. The first-order valence-electron chi connectivity index (χ1n) is 5.44. The maximum Gasteiger partial charge on any atom is 0.133 e. The zero-order valence-corrected chi connectivity index (χ0v) is 9.82. The summed E-state index contributed by atoms with van der Waals surface area (Å²) in [6.45, 7) is 4.04. The number of rotatable bonds is 3. The fourth-order valence-electron chi connectivity index (χ4n) is 1.69. The van der Waals surface area contributed by atoms with Crippen molar-refractivity contribution in [3.8, 4) is 5.75 Å². The van der Waals surface area contributed by atoms with Gasteiger partial charge in [0.05, 0.1) is 6.10 Å². The highest BCUT2D eigenvalue weighted by Crippen LogP contribution is 2.25. The summed E-state index contributed by atoms with van der Waals surface area (Å²) in [7, 11) is 1.87. The second kappa shape index (κ2) is 4.39. The molecule has 3 nitrogen and oxygen atoms in total. The number of ether oxygens (including phenoxy) is 1. The number of nitrogens with one attached hydrogen (secondary N) is 1. The lowest BCUT2D eigenvalue weighted by atomic mass is 10.1. The number of aromatic nitrogens is 1. The highest BCUT2D eigenvalue weighted by atomic mass is 16.5. The van der Waals surface area contributed by atoms with Crippen molar-refractivity contribution >= 4 is 16.6 Å². The molecule has 0 atom stereocenters. The predicted molar refractivity (Wildman–Crippen MR) is 67.1 cm³/mol. The highest BCUT2D eigenvalue weighted by molar-refractivity contribution is 5.92. The predicted octanol–water partition coefficient (Wildman–Crippen LogP) is 3.06. The van der Waals surface area contributed by atoms with Crippen LogP contribution in [0.5, 0.6) is 5.75 Å². The molecule has 1 heterocycles. The second-order valence-corrected chi connectivity index (χ2v) is 3.96. The lowest BCUT2D eigenvalue weighted by molar-refractivity contribution is 0.243. The van der Waals surface area contributed by atoms with Gasteiger partial charge in [0.1, 0.15) is 11.6 Å². The Bertz CT molecular complexity index is 494. The summed E-state index contributed by atoms with van der Waals surface area (Å²) in [6, 6.07) is 8.06. The van der Waals surface area contributed by atoms with Gasteiger partial charge in [-0.3, -0.25) is 0 Å². The van der Waals surface area contributed by atoms with Crippen LogP contribution in [-0.4, -0.2) is 18.1 Å². The number of nitrogens with zero attached hydrogens (tertiary/aromatic N) is 1. The van der Waals surface area contributed by atoms with Gasteiger partial charge in [-0.1, -0.05) is 6.07 Å². The molecule has 0 aliphatic rings. The van der Waals surface area contributed by atoms with Crippen LogP contribution in [0.25, 0.3) is 10.8 Å². The van der Waals surface area contributed by atoms with E-state index in [-0.39, 0.29) is 6.10 Å². The van der Waals surface area contributed by atoms with Gasteiger partial charge in [-0.05, 0) is 37.4 Å². The molecule has 0 saturated heterocycles. The number of hydrogen-bond acceptors (Lipinski definition) is 3. The van der Waals surface area contributed by atoms with Crippen molar-refractivity contribution in [2.75, 3.05) is 12.4 Å². The summed E-state index contributed by atoms with van der Waals surface area (Å²) in [5, 5.41) is 5.33. The van der Waals surface area contributed by atoms with Gasteiger partial charge in [-0.25, -0.2) is 4.98 Å². The van der Waals surface area contributed by atoms with Gasteiger partial charge in [0.15, 0.2) is 0 Å². The largest absolute Gasteiger partial charge is 0.491 e. The molecule has 1 aromatic heterocycles. The quantitative estimate of drug-likeness (QED) is 0.856. The molecule has 0 aliphatic carbocycles. The molecular formula is C13H16N2O. The molecule has 2 aromatic rings. The van der Waals surface area contributed by atoms with Crippen molar-refractivity contribution in [2.24, 2.45) is 0 Å². The fraction of sp³-hybridized carbons (Fsp3) is 0.308. The number of hydrogen-bond donors (Lipinski definition) is 1. The number of anilines is 1. The Balaban J connectivity index is 2.50. The smallest absolute Gasteiger partial charge is 0.133 e. The van der Waals surface area contributed by atoms with Crippen LogP contribution in [0, 0.1) is 0 Å². The Morgan fingerprint density at radius 1 is 1.25 bits per heavy atom.